The van der Waals surface area contributed by atoms with E-state index in [2.05, 4.69) is 34.0 Å². The van der Waals surface area contributed by atoms with E-state index in [-0.39, 0.29) is 0 Å². The van der Waals surface area contributed by atoms with Gasteiger partial charge in [0.15, 0.2) is 5.82 Å². The number of anilines is 1. The van der Waals surface area contributed by atoms with Crippen molar-refractivity contribution in [1.82, 2.24) is 15.3 Å². The van der Waals surface area contributed by atoms with Crippen molar-refractivity contribution in [1.29, 1.82) is 0 Å². The summed E-state index contributed by atoms with van der Waals surface area (Å²) in [7, 11) is 1.62. The molecule has 0 aromatic carbocycles. The maximum Gasteiger partial charge on any atom is 0.233 e. The van der Waals surface area contributed by atoms with E-state index in [9.17, 15) is 0 Å². The highest BCUT2D eigenvalue weighted by Crippen LogP contribution is 2.22. The average Bonchev–Trinajstić information content (AvgIpc) is 2.45. The van der Waals surface area contributed by atoms with Crippen molar-refractivity contribution in [3.05, 3.63) is 12.4 Å². The third-order valence-electron chi connectivity index (χ3n) is 3.56. The quantitative estimate of drug-likeness (QED) is 0.877. The normalized spacial score (nSPS) is 16.9. The topological polar surface area (TPSA) is 50.3 Å². The molecule has 1 aromatic rings. The van der Waals surface area contributed by atoms with E-state index in [0.717, 1.165) is 31.4 Å². The van der Waals surface area contributed by atoms with Gasteiger partial charge in [0.25, 0.3) is 0 Å². The molecule has 0 atom stereocenters. The summed E-state index contributed by atoms with van der Waals surface area (Å²) in [6.07, 6.45) is 5.87. The largest absolute Gasteiger partial charge is 0.480 e. The second kappa shape index (κ2) is 6.70. The zero-order valence-electron chi connectivity index (χ0n) is 12.1. The van der Waals surface area contributed by atoms with Crippen molar-refractivity contribution in [3.63, 3.8) is 0 Å². The molecule has 0 aliphatic carbocycles. The summed E-state index contributed by atoms with van der Waals surface area (Å²) >= 11 is 0. The first-order valence-electron chi connectivity index (χ1n) is 7.03. The van der Waals surface area contributed by atoms with Gasteiger partial charge in [-0.25, -0.2) is 0 Å². The molecule has 19 heavy (non-hydrogen) atoms. The fourth-order valence-corrected chi connectivity index (χ4v) is 2.36. The molecule has 1 aromatic heterocycles. The van der Waals surface area contributed by atoms with Gasteiger partial charge in [0.1, 0.15) is 0 Å². The van der Waals surface area contributed by atoms with Gasteiger partial charge in [-0.05, 0) is 25.3 Å². The second-order valence-corrected chi connectivity index (χ2v) is 5.41. The Labute approximate surface area is 115 Å². The SMILES string of the molecule is COc1cncc(N2CCC(CNC(C)C)CC2)n1. The Hall–Kier alpha value is -1.36. The predicted octanol–water partition coefficient (Wildman–Crippen LogP) is 1.70. The molecule has 0 amide bonds. The molecule has 106 valence electrons. The Morgan fingerprint density at radius 3 is 2.74 bits per heavy atom. The smallest absolute Gasteiger partial charge is 0.233 e. The minimum atomic E-state index is 0.572. The first-order chi connectivity index (χ1) is 9.19. The molecule has 1 N–H and O–H groups in total. The van der Waals surface area contributed by atoms with Crippen LogP contribution in [0.15, 0.2) is 12.4 Å². The Balaban J connectivity index is 1.85. The van der Waals surface area contributed by atoms with Gasteiger partial charge in [0.2, 0.25) is 5.88 Å². The number of hydrogen-bond acceptors (Lipinski definition) is 5. The zero-order chi connectivity index (χ0) is 13.7. The van der Waals surface area contributed by atoms with E-state index in [0.29, 0.717) is 11.9 Å². The maximum atomic E-state index is 5.12. The minimum Gasteiger partial charge on any atom is -0.480 e. The first-order valence-corrected chi connectivity index (χ1v) is 7.03. The summed E-state index contributed by atoms with van der Waals surface area (Å²) in [5, 5.41) is 3.52. The summed E-state index contributed by atoms with van der Waals surface area (Å²) in [5.74, 6) is 2.29. The molecule has 2 heterocycles. The van der Waals surface area contributed by atoms with Crippen molar-refractivity contribution in [2.45, 2.75) is 32.7 Å². The van der Waals surface area contributed by atoms with Crippen molar-refractivity contribution in [2.24, 2.45) is 5.92 Å². The third kappa shape index (κ3) is 4.06. The summed E-state index contributed by atoms with van der Waals surface area (Å²) in [6.45, 7) is 7.61. The molecule has 5 heteroatoms. The number of piperidine rings is 1. The number of aromatic nitrogens is 2. The highest BCUT2D eigenvalue weighted by atomic mass is 16.5. The summed E-state index contributed by atoms with van der Waals surface area (Å²) < 4.78 is 5.12. The maximum absolute atomic E-state index is 5.12. The van der Waals surface area contributed by atoms with Crippen LogP contribution in [-0.2, 0) is 0 Å². The molecule has 1 fully saturated rings. The van der Waals surface area contributed by atoms with E-state index in [1.54, 1.807) is 13.3 Å². The van der Waals surface area contributed by atoms with Crippen LogP contribution < -0.4 is 15.0 Å². The average molecular weight is 264 g/mol. The zero-order valence-corrected chi connectivity index (χ0v) is 12.1. The Bertz CT molecular complexity index is 389. The molecule has 5 nitrogen and oxygen atoms in total. The van der Waals surface area contributed by atoms with E-state index < -0.39 is 0 Å². The fraction of sp³-hybridized carbons (Fsp3) is 0.714. The van der Waals surface area contributed by atoms with Gasteiger partial charge < -0.3 is 15.0 Å². The van der Waals surface area contributed by atoms with Crippen LogP contribution in [0.25, 0.3) is 0 Å². The van der Waals surface area contributed by atoms with E-state index in [4.69, 9.17) is 4.74 Å². The number of hydrogen-bond donors (Lipinski definition) is 1. The van der Waals surface area contributed by atoms with Gasteiger partial charge in [-0.3, -0.25) is 4.98 Å². The molecule has 2 rings (SSSR count). The van der Waals surface area contributed by atoms with Gasteiger partial charge in [-0.2, -0.15) is 4.98 Å². The van der Waals surface area contributed by atoms with Crippen LogP contribution in [0, 0.1) is 5.92 Å². The van der Waals surface area contributed by atoms with Crippen LogP contribution in [0.4, 0.5) is 5.82 Å². The summed E-state index contributed by atoms with van der Waals surface area (Å²) in [6, 6.07) is 0.572. The molecule has 0 unspecified atom stereocenters. The van der Waals surface area contributed by atoms with Gasteiger partial charge in [0, 0.05) is 19.1 Å². The Morgan fingerprint density at radius 2 is 2.11 bits per heavy atom. The standard InChI is InChI=1S/C14H24N4O/c1-11(2)16-8-12-4-6-18(7-5-12)13-9-15-10-14(17-13)19-3/h9-12,16H,4-8H2,1-3H3. The highest BCUT2D eigenvalue weighted by Gasteiger charge is 2.20. The lowest BCUT2D eigenvalue weighted by atomic mass is 9.96. The van der Waals surface area contributed by atoms with E-state index >= 15 is 0 Å². The molecule has 1 saturated heterocycles. The lowest BCUT2D eigenvalue weighted by Gasteiger charge is -2.33. The predicted molar refractivity (Wildman–Crippen MR) is 76.7 cm³/mol. The molecular weight excluding hydrogens is 240 g/mol. The molecule has 0 radical (unpaired) electrons. The Kier molecular flexibility index (Phi) is 4.96. The van der Waals surface area contributed by atoms with E-state index in [1.807, 2.05) is 6.20 Å². The van der Waals surface area contributed by atoms with Gasteiger partial charge in [-0.1, -0.05) is 13.8 Å². The van der Waals surface area contributed by atoms with Crippen molar-refractivity contribution in [3.8, 4) is 5.88 Å². The van der Waals surface area contributed by atoms with Gasteiger partial charge >= 0.3 is 0 Å². The number of ether oxygens (including phenoxy) is 1. The minimum absolute atomic E-state index is 0.572. The van der Waals surface area contributed by atoms with Gasteiger partial charge in [-0.15, -0.1) is 0 Å². The summed E-state index contributed by atoms with van der Waals surface area (Å²) in [5.41, 5.74) is 0. The lowest BCUT2D eigenvalue weighted by molar-refractivity contribution is 0.367. The molecule has 1 aliphatic rings. The van der Waals surface area contributed by atoms with Crippen LogP contribution in [0.2, 0.25) is 0 Å². The first kappa shape index (κ1) is 14.1. The molecular formula is C14H24N4O. The lowest BCUT2D eigenvalue weighted by Crippen LogP contribution is -2.39. The molecule has 0 bridgehead atoms. The summed E-state index contributed by atoms with van der Waals surface area (Å²) in [4.78, 5) is 10.9. The van der Waals surface area contributed by atoms with Crippen LogP contribution in [0.3, 0.4) is 0 Å². The van der Waals surface area contributed by atoms with Crippen molar-refractivity contribution >= 4 is 5.82 Å². The monoisotopic (exact) mass is 264 g/mol. The van der Waals surface area contributed by atoms with E-state index in [1.165, 1.54) is 12.8 Å². The van der Waals surface area contributed by atoms with Crippen LogP contribution in [0.5, 0.6) is 5.88 Å². The highest BCUT2D eigenvalue weighted by molar-refractivity contribution is 5.37. The molecule has 1 aliphatic heterocycles. The molecule has 0 saturated carbocycles. The Morgan fingerprint density at radius 1 is 1.37 bits per heavy atom. The fourth-order valence-electron chi connectivity index (χ4n) is 2.36. The van der Waals surface area contributed by atoms with Crippen molar-refractivity contribution < 1.29 is 4.74 Å². The number of methoxy groups -OCH3 is 1. The number of nitrogens with zero attached hydrogens (tertiary/aromatic N) is 3. The van der Waals surface area contributed by atoms with Crippen LogP contribution >= 0.6 is 0 Å². The number of nitrogens with one attached hydrogen (secondary N) is 1. The van der Waals surface area contributed by atoms with Gasteiger partial charge in [0.05, 0.1) is 19.5 Å². The van der Waals surface area contributed by atoms with Crippen molar-refractivity contribution in [2.75, 3.05) is 31.6 Å². The second-order valence-electron chi connectivity index (χ2n) is 5.41. The van der Waals surface area contributed by atoms with Crippen LogP contribution in [-0.4, -0.2) is 42.8 Å². The molecule has 0 spiro atoms. The number of rotatable bonds is 5. The van der Waals surface area contributed by atoms with Crippen LogP contribution in [0.1, 0.15) is 26.7 Å². The third-order valence-corrected chi connectivity index (χ3v) is 3.56.